The molecule has 1 N–H and O–H groups in total. The summed E-state index contributed by atoms with van der Waals surface area (Å²) in [6.45, 7) is 0.455. The second kappa shape index (κ2) is 4.49. The van der Waals surface area contributed by atoms with Gasteiger partial charge in [-0.2, -0.15) is 0 Å². The first-order valence-corrected chi connectivity index (χ1v) is 5.07. The minimum atomic E-state index is -0.328. The molecule has 2 aromatic rings. The molecule has 1 aromatic carbocycles. The smallest absolute Gasteiger partial charge is 0.125 e. The van der Waals surface area contributed by atoms with Crippen molar-refractivity contribution in [3.63, 3.8) is 0 Å². The van der Waals surface area contributed by atoms with Gasteiger partial charge in [-0.05, 0) is 18.2 Å². The lowest BCUT2D eigenvalue weighted by Gasteiger charge is -2.06. The lowest BCUT2D eigenvalue weighted by molar-refractivity contribution is 0.628. The van der Waals surface area contributed by atoms with Crippen LogP contribution in [0.4, 0.5) is 10.1 Å². The predicted octanol–water partition coefficient (Wildman–Crippen LogP) is 2.22. The molecule has 0 aliphatic heterocycles. The van der Waals surface area contributed by atoms with Gasteiger partial charge in [0.1, 0.15) is 11.5 Å². The van der Waals surface area contributed by atoms with Gasteiger partial charge in [0, 0.05) is 13.2 Å². The number of rotatable bonds is 3. The lowest BCUT2D eigenvalue weighted by Crippen LogP contribution is -2.00. The summed E-state index contributed by atoms with van der Waals surface area (Å²) in [5.41, 5.74) is 1.31. The zero-order valence-electron chi connectivity index (χ0n) is 8.61. The largest absolute Gasteiger partial charge is 0.378 e. The lowest BCUT2D eigenvalue weighted by atomic mass is 10.3. The van der Waals surface area contributed by atoms with Crippen molar-refractivity contribution in [3.05, 3.63) is 40.9 Å². The Kier molecular flexibility index (Phi) is 3.05. The van der Waals surface area contributed by atoms with E-state index in [4.69, 9.17) is 11.6 Å². The van der Waals surface area contributed by atoms with Gasteiger partial charge in [0.2, 0.25) is 0 Å². The fraction of sp³-hybridized carbons (Fsp3) is 0.200. The number of benzene rings is 1. The Morgan fingerprint density at radius 3 is 3.00 bits per heavy atom. The van der Waals surface area contributed by atoms with Crippen LogP contribution >= 0.6 is 11.6 Å². The first-order valence-electron chi connectivity index (χ1n) is 4.69. The Labute approximate surface area is 97.0 Å². The number of hydrogen-bond acceptors (Lipinski definition) is 3. The number of anilines is 1. The van der Waals surface area contributed by atoms with Crippen molar-refractivity contribution in [1.82, 2.24) is 15.0 Å². The van der Waals surface area contributed by atoms with Crippen molar-refractivity contribution in [1.29, 1.82) is 0 Å². The highest BCUT2D eigenvalue weighted by Crippen LogP contribution is 2.22. The molecule has 0 radical (unpaired) electrons. The molecule has 0 atom stereocenters. The summed E-state index contributed by atoms with van der Waals surface area (Å²) in [5.74, 6) is -0.328. The van der Waals surface area contributed by atoms with E-state index in [1.54, 1.807) is 17.9 Å². The van der Waals surface area contributed by atoms with Gasteiger partial charge < -0.3 is 5.32 Å². The van der Waals surface area contributed by atoms with Crippen molar-refractivity contribution >= 4 is 17.3 Å². The molecule has 0 saturated carbocycles. The maximum absolute atomic E-state index is 12.9. The fourth-order valence-corrected chi connectivity index (χ4v) is 1.48. The molecular formula is C10H10ClFN4. The van der Waals surface area contributed by atoms with E-state index in [9.17, 15) is 4.39 Å². The van der Waals surface area contributed by atoms with Gasteiger partial charge >= 0.3 is 0 Å². The fourth-order valence-electron chi connectivity index (χ4n) is 1.30. The molecule has 1 aromatic heterocycles. The van der Waals surface area contributed by atoms with E-state index < -0.39 is 0 Å². The van der Waals surface area contributed by atoms with Gasteiger partial charge in [0.25, 0.3) is 0 Å². The molecular weight excluding hydrogens is 231 g/mol. The van der Waals surface area contributed by atoms with Gasteiger partial charge in [0.05, 0.1) is 17.3 Å². The second-order valence-corrected chi connectivity index (χ2v) is 3.77. The van der Waals surface area contributed by atoms with Gasteiger partial charge in [-0.15, -0.1) is 5.10 Å². The van der Waals surface area contributed by atoms with Crippen molar-refractivity contribution < 1.29 is 4.39 Å². The van der Waals surface area contributed by atoms with Crippen molar-refractivity contribution in [2.75, 3.05) is 5.32 Å². The van der Waals surface area contributed by atoms with Crippen molar-refractivity contribution in [2.24, 2.45) is 7.05 Å². The minimum absolute atomic E-state index is 0.328. The van der Waals surface area contributed by atoms with Crippen molar-refractivity contribution in [3.8, 4) is 0 Å². The van der Waals surface area contributed by atoms with Crippen LogP contribution in [0.1, 0.15) is 5.69 Å². The first kappa shape index (κ1) is 10.9. The van der Waals surface area contributed by atoms with Crippen molar-refractivity contribution in [2.45, 2.75) is 6.54 Å². The van der Waals surface area contributed by atoms with Gasteiger partial charge in [-0.25, -0.2) is 4.39 Å². The van der Waals surface area contributed by atoms with Crippen LogP contribution in [0.2, 0.25) is 5.02 Å². The number of hydrogen-bond donors (Lipinski definition) is 1. The Balaban J connectivity index is 2.07. The molecule has 16 heavy (non-hydrogen) atoms. The van der Waals surface area contributed by atoms with Gasteiger partial charge in [-0.3, -0.25) is 4.68 Å². The van der Waals surface area contributed by atoms with Crippen LogP contribution in [0.25, 0.3) is 0 Å². The number of halogens is 2. The molecule has 0 amide bonds. The molecule has 4 nitrogen and oxygen atoms in total. The summed E-state index contributed by atoms with van der Waals surface area (Å²) >= 11 is 5.90. The van der Waals surface area contributed by atoms with Crippen LogP contribution in [-0.4, -0.2) is 15.0 Å². The van der Waals surface area contributed by atoms with E-state index in [-0.39, 0.29) is 5.82 Å². The molecule has 6 heteroatoms. The van der Waals surface area contributed by atoms with Crippen LogP contribution in [0.5, 0.6) is 0 Å². The van der Waals surface area contributed by atoms with E-state index >= 15 is 0 Å². The molecule has 0 saturated heterocycles. The highest BCUT2D eigenvalue weighted by atomic mass is 35.5. The minimum Gasteiger partial charge on any atom is -0.378 e. The number of aryl methyl sites for hydroxylation is 1. The average Bonchev–Trinajstić information content (AvgIpc) is 2.66. The maximum atomic E-state index is 12.9. The van der Waals surface area contributed by atoms with Crippen LogP contribution in [-0.2, 0) is 13.6 Å². The quantitative estimate of drug-likeness (QED) is 0.895. The zero-order valence-corrected chi connectivity index (χ0v) is 9.37. The van der Waals surface area contributed by atoms with Crippen LogP contribution in [0.3, 0.4) is 0 Å². The van der Waals surface area contributed by atoms with E-state index in [0.717, 1.165) is 5.69 Å². The van der Waals surface area contributed by atoms with Crippen LogP contribution in [0, 0.1) is 5.82 Å². The average molecular weight is 241 g/mol. The molecule has 84 valence electrons. The third kappa shape index (κ3) is 2.49. The number of aromatic nitrogens is 3. The molecule has 0 spiro atoms. The van der Waals surface area contributed by atoms with E-state index in [1.165, 1.54) is 18.2 Å². The summed E-state index contributed by atoms with van der Waals surface area (Å²) in [5, 5.41) is 11.2. The first-order chi connectivity index (χ1) is 7.65. The molecule has 2 rings (SSSR count). The SMILES string of the molecule is Cn1cc(CNc2cc(F)ccc2Cl)nn1. The number of nitrogens with zero attached hydrogens (tertiary/aromatic N) is 3. The highest BCUT2D eigenvalue weighted by molar-refractivity contribution is 6.33. The summed E-state index contributed by atoms with van der Waals surface area (Å²) in [4.78, 5) is 0. The monoisotopic (exact) mass is 240 g/mol. The molecule has 0 aliphatic carbocycles. The standard InChI is InChI=1S/C10H10ClFN4/c1-16-6-8(14-15-16)5-13-10-4-7(12)2-3-9(10)11/h2-4,6,13H,5H2,1H3. The van der Waals surface area contributed by atoms with E-state index in [1.807, 2.05) is 0 Å². The predicted molar refractivity (Wildman–Crippen MR) is 59.7 cm³/mol. The summed E-state index contributed by atoms with van der Waals surface area (Å²) in [6.07, 6.45) is 1.78. The Hall–Kier alpha value is -1.62. The third-order valence-corrected chi connectivity index (χ3v) is 2.37. The molecule has 0 unspecified atom stereocenters. The van der Waals surface area contributed by atoms with Gasteiger partial charge in [-0.1, -0.05) is 16.8 Å². The Morgan fingerprint density at radius 1 is 1.50 bits per heavy atom. The Morgan fingerprint density at radius 2 is 2.31 bits per heavy atom. The maximum Gasteiger partial charge on any atom is 0.125 e. The topological polar surface area (TPSA) is 42.7 Å². The molecule has 0 bridgehead atoms. The van der Waals surface area contributed by atoms with Crippen LogP contribution in [0.15, 0.2) is 24.4 Å². The van der Waals surface area contributed by atoms with E-state index in [0.29, 0.717) is 17.3 Å². The third-order valence-electron chi connectivity index (χ3n) is 2.04. The highest BCUT2D eigenvalue weighted by Gasteiger charge is 2.03. The zero-order chi connectivity index (χ0) is 11.5. The molecule has 1 heterocycles. The molecule has 0 fully saturated rings. The molecule has 0 aliphatic rings. The summed E-state index contributed by atoms with van der Waals surface area (Å²) in [7, 11) is 1.78. The summed E-state index contributed by atoms with van der Waals surface area (Å²) in [6, 6.07) is 4.17. The normalized spacial score (nSPS) is 10.4. The Bertz CT molecular complexity index is 497. The van der Waals surface area contributed by atoms with Gasteiger partial charge in [0.15, 0.2) is 0 Å². The number of nitrogens with one attached hydrogen (secondary N) is 1. The van der Waals surface area contributed by atoms with Crippen LogP contribution < -0.4 is 5.32 Å². The second-order valence-electron chi connectivity index (χ2n) is 3.36. The van der Waals surface area contributed by atoms with E-state index in [2.05, 4.69) is 15.6 Å². The summed E-state index contributed by atoms with van der Waals surface area (Å²) < 4.78 is 14.5.